The summed E-state index contributed by atoms with van der Waals surface area (Å²) >= 11 is 0. The largest absolute Gasteiger partial charge is 0.449 e. The van der Waals surface area contributed by atoms with Crippen molar-refractivity contribution in [2.45, 2.75) is 13.0 Å². The van der Waals surface area contributed by atoms with E-state index in [-0.39, 0.29) is 5.78 Å². The predicted molar refractivity (Wildman–Crippen MR) is 107 cm³/mol. The topological polar surface area (TPSA) is 43.4 Å². The number of esters is 1. The van der Waals surface area contributed by atoms with Gasteiger partial charge in [-0.15, -0.1) is 0 Å². The van der Waals surface area contributed by atoms with Gasteiger partial charge < -0.3 is 4.74 Å². The predicted octanol–water partition coefficient (Wildman–Crippen LogP) is 5.48. The van der Waals surface area contributed by atoms with Crippen molar-refractivity contribution in [2.75, 3.05) is 0 Å². The number of fused-ring (bicyclic) bond motifs is 2. The summed E-state index contributed by atoms with van der Waals surface area (Å²) in [6, 6.07) is 27.0. The molecule has 1 atom stereocenters. The van der Waals surface area contributed by atoms with E-state index in [1.54, 1.807) is 6.07 Å². The van der Waals surface area contributed by atoms with Crippen LogP contribution in [0.1, 0.15) is 28.9 Å². The molecular weight excluding hydrogens is 336 g/mol. The lowest BCUT2D eigenvalue weighted by atomic mass is 9.96. The van der Waals surface area contributed by atoms with Crippen molar-refractivity contribution in [2.24, 2.45) is 0 Å². The van der Waals surface area contributed by atoms with Gasteiger partial charge in [0, 0.05) is 18.1 Å². The number of carbonyl (C=O) groups excluding carboxylic acids is 2. The van der Waals surface area contributed by atoms with E-state index in [0.29, 0.717) is 11.1 Å². The van der Waals surface area contributed by atoms with E-state index in [9.17, 15) is 9.59 Å². The maximum Gasteiger partial charge on any atom is 0.303 e. The molecule has 4 rings (SSSR count). The SMILES string of the molecule is CC(=O)OC(C(=O)c1ccc2ccccc2c1)c1ccc2ccccc2c1. The highest BCUT2D eigenvalue weighted by molar-refractivity contribution is 6.04. The summed E-state index contributed by atoms with van der Waals surface area (Å²) in [7, 11) is 0. The first-order valence-corrected chi connectivity index (χ1v) is 8.81. The van der Waals surface area contributed by atoms with Crippen molar-refractivity contribution in [1.82, 2.24) is 0 Å². The highest BCUT2D eigenvalue weighted by Crippen LogP contribution is 2.27. The first-order valence-electron chi connectivity index (χ1n) is 8.81. The second-order valence-corrected chi connectivity index (χ2v) is 6.52. The molecule has 1 unspecified atom stereocenters. The van der Waals surface area contributed by atoms with Crippen molar-refractivity contribution in [1.29, 1.82) is 0 Å². The second-order valence-electron chi connectivity index (χ2n) is 6.52. The Labute approximate surface area is 157 Å². The normalized spacial score (nSPS) is 12.0. The number of ether oxygens (including phenoxy) is 1. The van der Waals surface area contributed by atoms with E-state index in [1.165, 1.54) is 6.92 Å². The Morgan fingerprint density at radius 2 is 1.26 bits per heavy atom. The zero-order valence-corrected chi connectivity index (χ0v) is 14.9. The Balaban J connectivity index is 1.77. The standard InChI is InChI=1S/C24H18O3/c1-16(25)27-24(22-13-11-18-7-3-5-9-20(18)15-22)23(26)21-12-10-17-6-2-4-8-19(17)14-21/h2-15,24H,1H3. The van der Waals surface area contributed by atoms with Crippen LogP contribution in [0.4, 0.5) is 0 Å². The molecule has 0 aliphatic heterocycles. The molecule has 3 heteroatoms. The lowest BCUT2D eigenvalue weighted by Gasteiger charge is -2.17. The maximum atomic E-state index is 13.2. The minimum Gasteiger partial charge on any atom is -0.449 e. The van der Waals surface area contributed by atoms with Gasteiger partial charge in [0.25, 0.3) is 0 Å². The fraction of sp³-hybridized carbons (Fsp3) is 0.0833. The van der Waals surface area contributed by atoms with Gasteiger partial charge in [-0.05, 0) is 33.7 Å². The highest BCUT2D eigenvalue weighted by atomic mass is 16.5. The van der Waals surface area contributed by atoms with E-state index < -0.39 is 12.1 Å². The Morgan fingerprint density at radius 1 is 0.704 bits per heavy atom. The molecule has 0 aromatic heterocycles. The summed E-state index contributed by atoms with van der Waals surface area (Å²) in [6.45, 7) is 1.32. The summed E-state index contributed by atoms with van der Waals surface area (Å²) in [5.74, 6) is -0.714. The Hall–Kier alpha value is -3.46. The zero-order chi connectivity index (χ0) is 18.8. The summed E-state index contributed by atoms with van der Waals surface area (Å²) < 4.78 is 5.43. The molecule has 0 saturated heterocycles. The molecule has 27 heavy (non-hydrogen) atoms. The maximum absolute atomic E-state index is 13.2. The number of carbonyl (C=O) groups is 2. The third kappa shape index (κ3) is 3.44. The van der Waals surface area contributed by atoms with Crippen LogP contribution in [0.25, 0.3) is 21.5 Å². The third-order valence-electron chi connectivity index (χ3n) is 4.63. The monoisotopic (exact) mass is 354 g/mol. The first-order chi connectivity index (χ1) is 13.1. The number of Topliss-reactive ketones (excluding diaryl/α,β-unsaturated/α-hetero) is 1. The van der Waals surface area contributed by atoms with Gasteiger partial charge in [0.15, 0.2) is 6.10 Å². The summed E-state index contributed by atoms with van der Waals surface area (Å²) in [5.41, 5.74) is 1.19. The van der Waals surface area contributed by atoms with Crippen LogP contribution in [0.3, 0.4) is 0 Å². The van der Waals surface area contributed by atoms with Crippen LogP contribution >= 0.6 is 0 Å². The third-order valence-corrected chi connectivity index (χ3v) is 4.63. The van der Waals surface area contributed by atoms with Crippen molar-refractivity contribution in [3.05, 3.63) is 96.1 Å². The molecule has 0 radical (unpaired) electrons. The van der Waals surface area contributed by atoms with Crippen molar-refractivity contribution >= 4 is 33.3 Å². The molecule has 0 aliphatic rings. The van der Waals surface area contributed by atoms with Crippen LogP contribution in [-0.4, -0.2) is 11.8 Å². The Kier molecular flexibility index (Phi) is 4.43. The number of ketones is 1. The molecule has 4 aromatic carbocycles. The molecule has 0 bridgehead atoms. The van der Waals surface area contributed by atoms with Gasteiger partial charge in [-0.25, -0.2) is 0 Å². The van der Waals surface area contributed by atoms with Crippen LogP contribution in [-0.2, 0) is 9.53 Å². The molecule has 4 aromatic rings. The molecule has 0 N–H and O–H groups in total. The van der Waals surface area contributed by atoms with Gasteiger partial charge in [0.1, 0.15) is 0 Å². The Morgan fingerprint density at radius 3 is 1.89 bits per heavy atom. The van der Waals surface area contributed by atoms with Gasteiger partial charge in [-0.3, -0.25) is 9.59 Å². The van der Waals surface area contributed by atoms with Gasteiger partial charge in [0.05, 0.1) is 0 Å². The van der Waals surface area contributed by atoms with Crippen LogP contribution in [0.5, 0.6) is 0 Å². The molecule has 0 aliphatic carbocycles. The summed E-state index contributed by atoms with van der Waals surface area (Å²) in [4.78, 5) is 24.8. The molecule has 0 saturated carbocycles. The van der Waals surface area contributed by atoms with Gasteiger partial charge in [0.2, 0.25) is 5.78 Å². The van der Waals surface area contributed by atoms with Crippen molar-refractivity contribution in [3.8, 4) is 0 Å². The minimum absolute atomic E-state index is 0.230. The van der Waals surface area contributed by atoms with Crippen molar-refractivity contribution < 1.29 is 14.3 Å². The van der Waals surface area contributed by atoms with Crippen LogP contribution in [0.15, 0.2) is 84.9 Å². The van der Waals surface area contributed by atoms with E-state index >= 15 is 0 Å². The quantitative estimate of drug-likeness (QED) is 0.360. The number of hydrogen-bond acceptors (Lipinski definition) is 3. The average molecular weight is 354 g/mol. The van der Waals surface area contributed by atoms with Crippen LogP contribution < -0.4 is 0 Å². The summed E-state index contributed by atoms with van der Waals surface area (Å²) in [6.07, 6.45) is -0.965. The second kappa shape index (κ2) is 7.04. The number of rotatable bonds is 4. The average Bonchev–Trinajstić information content (AvgIpc) is 2.70. The number of benzene rings is 4. The van der Waals surface area contributed by atoms with E-state index in [0.717, 1.165) is 21.5 Å². The lowest BCUT2D eigenvalue weighted by Crippen LogP contribution is -2.19. The van der Waals surface area contributed by atoms with Gasteiger partial charge in [-0.1, -0.05) is 72.8 Å². The van der Waals surface area contributed by atoms with E-state index in [4.69, 9.17) is 4.74 Å². The molecule has 0 heterocycles. The molecule has 0 fully saturated rings. The first kappa shape index (κ1) is 17.0. The smallest absolute Gasteiger partial charge is 0.303 e. The van der Waals surface area contributed by atoms with Crippen LogP contribution in [0, 0.1) is 0 Å². The molecule has 132 valence electrons. The van der Waals surface area contributed by atoms with E-state index in [1.807, 2.05) is 78.9 Å². The van der Waals surface area contributed by atoms with Crippen LogP contribution in [0.2, 0.25) is 0 Å². The molecule has 3 nitrogen and oxygen atoms in total. The Bertz CT molecular complexity index is 1160. The van der Waals surface area contributed by atoms with E-state index in [2.05, 4.69) is 0 Å². The molecule has 0 amide bonds. The fourth-order valence-corrected chi connectivity index (χ4v) is 3.30. The molecule has 0 spiro atoms. The van der Waals surface area contributed by atoms with Gasteiger partial charge >= 0.3 is 5.97 Å². The highest BCUT2D eigenvalue weighted by Gasteiger charge is 2.25. The lowest BCUT2D eigenvalue weighted by molar-refractivity contribution is -0.144. The fourth-order valence-electron chi connectivity index (χ4n) is 3.30. The zero-order valence-electron chi connectivity index (χ0n) is 14.9. The molecular formula is C24H18O3. The summed E-state index contributed by atoms with van der Waals surface area (Å²) in [5, 5.41) is 4.10. The minimum atomic E-state index is -0.965. The van der Waals surface area contributed by atoms with Crippen molar-refractivity contribution in [3.63, 3.8) is 0 Å². The van der Waals surface area contributed by atoms with Gasteiger partial charge in [-0.2, -0.15) is 0 Å². The number of hydrogen-bond donors (Lipinski definition) is 0.